The smallest absolute Gasteiger partial charge is 0.225 e. The molecule has 0 bridgehead atoms. The summed E-state index contributed by atoms with van der Waals surface area (Å²) in [4.78, 5) is 16.2. The third-order valence-corrected chi connectivity index (χ3v) is 3.29. The van der Waals surface area contributed by atoms with E-state index in [1.165, 1.54) is 0 Å². The summed E-state index contributed by atoms with van der Waals surface area (Å²) in [6, 6.07) is 0. The van der Waals surface area contributed by atoms with Crippen molar-refractivity contribution in [3.63, 3.8) is 0 Å². The molecule has 0 aromatic heterocycles. The van der Waals surface area contributed by atoms with Crippen molar-refractivity contribution in [2.24, 2.45) is 5.92 Å². The average molecular weight is 233 g/mol. The van der Waals surface area contributed by atoms with E-state index < -0.39 is 0 Å². The Morgan fingerprint density at radius 1 is 1.33 bits per heavy atom. The molecule has 0 aliphatic carbocycles. The second-order valence-corrected chi connectivity index (χ2v) is 4.54. The van der Waals surface area contributed by atoms with E-state index in [4.69, 9.17) is 11.6 Å². The number of hydrogen-bond donors (Lipinski definition) is 0. The molecule has 0 aromatic carbocycles. The van der Waals surface area contributed by atoms with Crippen LogP contribution in [0.15, 0.2) is 0 Å². The quantitative estimate of drug-likeness (QED) is 0.685. The van der Waals surface area contributed by atoms with Gasteiger partial charge in [-0.15, -0.1) is 11.6 Å². The highest BCUT2D eigenvalue weighted by atomic mass is 35.5. The van der Waals surface area contributed by atoms with E-state index in [0.29, 0.717) is 11.8 Å². The highest BCUT2D eigenvalue weighted by Crippen LogP contribution is 2.09. The van der Waals surface area contributed by atoms with Gasteiger partial charge in [-0.05, 0) is 6.42 Å². The maximum atomic E-state index is 11.9. The van der Waals surface area contributed by atoms with Gasteiger partial charge in [0, 0.05) is 44.5 Å². The molecule has 0 N–H and O–H groups in total. The van der Waals surface area contributed by atoms with Gasteiger partial charge >= 0.3 is 0 Å². The zero-order valence-electron chi connectivity index (χ0n) is 9.71. The molecule has 15 heavy (non-hydrogen) atoms. The Morgan fingerprint density at radius 3 is 2.40 bits per heavy atom. The Hall–Kier alpha value is -0.280. The minimum absolute atomic E-state index is 0.171. The molecule has 1 unspecified atom stereocenters. The number of carbonyl (C=O) groups excluding carboxylic acids is 1. The lowest BCUT2D eigenvalue weighted by Gasteiger charge is -2.35. The molecule has 1 saturated heterocycles. The van der Waals surface area contributed by atoms with Crippen LogP contribution in [0.4, 0.5) is 0 Å². The molecule has 1 rings (SSSR count). The van der Waals surface area contributed by atoms with E-state index in [2.05, 4.69) is 11.8 Å². The van der Waals surface area contributed by atoms with Crippen LogP contribution in [0.5, 0.6) is 0 Å². The van der Waals surface area contributed by atoms with Gasteiger partial charge in [0.2, 0.25) is 5.91 Å². The molecule has 0 saturated carbocycles. The summed E-state index contributed by atoms with van der Waals surface area (Å²) in [6.07, 6.45) is 0.931. The van der Waals surface area contributed by atoms with Crippen LogP contribution in [0.2, 0.25) is 0 Å². The fraction of sp³-hybridized carbons (Fsp3) is 0.909. The van der Waals surface area contributed by atoms with Gasteiger partial charge in [-0.2, -0.15) is 0 Å². The first-order valence-corrected chi connectivity index (χ1v) is 6.29. The molecule has 0 spiro atoms. The molecule has 3 nitrogen and oxygen atoms in total. The fourth-order valence-electron chi connectivity index (χ4n) is 1.80. The summed E-state index contributed by atoms with van der Waals surface area (Å²) in [6.45, 7) is 8.66. The van der Waals surface area contributed by atoms with Crippen molar-refractivity contribution in [3.05, 3.63) is 0 Å². The Balaban J connectivity index is 2.33. The van der Waals surface area contributed by atoms with Crippen molar-refractivity contribution in [3.8, 4) is 0 Å². The Bertz CT molecular complexity index is 203. The zero-order valence-corrected chi connectivity index (χ0v) is 10.5. The van der Waals surface area contributed by atoms with Crippen LogP contribution in [0, 0.1) is 5.92 Å². The lowest BCUT2D eigenvalue weighted by molar-refractivity contribution is -0.136. The summed E-state index contributed by atoms with van der Waals surface area (Å²) in [5, 5.41) is 0. The van der Waals surface area contributed by atoms with Gasteiger partial charge in [0.15, 0.2) is 0 Å². The first kappa shape index (κ1) is 12.8. The van der Waals surface area contributed by atoms with Crippen LogP contribution >= 0.6 is 11.6 Å². The van der Waals surface area contributed by atoms with Crippen molar-refractivity contribution in [1.82, 2.24) is 9.80 Å². The van der Waals surface area contributed by atoms with Gasteiger partial charge in [0.05, 0.1) is 0 Å². The van der Waals surface area contributed by atoms with Gasteiger partial charge < -0.3 is 4.90 Å². The molecule has 1 amide bonds. The number of amides is 1. The lowest BCUT2D eigenvalue weighted by atomic mass is 10.1. The molecule has 1 atom stereocenters. The van der Waals surface area contributed by atoms with Crippen molar-refractivity contribution in [2.45, 2.75) is 20.3 Å². The highest BCUT2D eigenvalue weighted by molar-refractivity contribution is 6.18. The normalized spacial score (nSPS) is 20.3. The van der Waals surface area contributed by atoms with Crippen LogP contribution in [0.1, 0.15) is 20.3 Å². The maximum absolute atomic E-state index is 11.9. The summed E-state index contributed by atoms with van der Waals surface area (Å²) in [7, 11) is 0. The number of piperazine rings is 1. The van der Waals surface area contributed by atoms with Crippen LogP contribution in [0.25, 0.3) is 0 Å². The summed E-state index contributed by atoms with van der Waals surface area (Å²) < 4.78 is 0. The third kappa shape index (κ3) is 3.65. The minimum Gasteiger partial charge on any atom is -0.340 e. The number of carbonyl (C=O) groups is 1. The number of alkyl halides is 1. The monoisotopic (exact) mass is 232 g/mol. The molecule has 1 heterocycles. The molecule has 0 aromatic rings. The second kappa shape index (κ2) is 6.33. The number of nitrogens with zero attached hydrogens (tertiary/aromatic N) is 2. The standard InChI is InChI=1S/C11H21ClN2O/c1-3-10(2)11(15)14-8-6-13(5-4-12)7-9-14/h10H,3-9H2,1-2H3. The van der Waals surface area contributed by atoms with E-state index in [9.17, 15) is 4.79 Å². The first-order chi connectivity index (χ1) is 7.19. The molecular weight excluding hydrogens is 212 g/mol. The predicted molar refractivity (Wildman–Crippen MR) is 63.2 cm³/mol. The highest BCUT2D eigenvalue weighted by Gasteiger charge is 2.23. The van der Waals surface area contributed by atoms with Gasteiger partial charge in [-0.3, -0.25) is 9.69 Å². The Morgan fingerprint density at radius 2 is 1.93 bits per heavy atom. The van der Waals surface area contributed by atoms with Crippen LogP contribution in [-0.4, -0.2) is 54.3 Å². The molecule has 0 radical (unpaired) electrons. The summed E-state index contributed by atoms with van der Waals surface area (Å²) in [5.74, 6) is 1.16. The van der Waals surface area contributed by atoms with E-state index in [-0.39, 0.29) is 5.92 Å². The van der Waals surface area contributed by atoms with Gasteiger partial charge in [0.1, 0.15) is 0 Å². The zero-order chi connectivity index (χ0) is 11.3. The van der Waals surface area contributed by atoms with Crippen LogP contribution in [0.3, 0.4) is 0 Å². The average Bonchev–Trinajstić information content (AvgIpc) is 2.28. The third-order valence-electron chi connectivity index (χ3n) is 3.12. The number of hydrogen-bond acceptors (Lipinski definition) is 2. The van der Waals surface area contributed by atoms with E-state index >= 15 is 0 Å². The predicted octanol–water partition coefficient (Wildman–Crippen LogP) is 1.42. The Labute approximate surface area is 97.4 Å². The summed E-state index contributed by atoms with van der Waals surface area (Å²) in [5.41, 5.74) is 0. The fourth-order valence-corrected chi connectivity index (χ4v) is 2.04. The van der Waals surface area contributed by atoms with Crippen molar-refractivity contribution in [2.75, 3.05) is 38.6 Å². The summed E-state index contributed by atoms with van der Waals surface area (Å²) >= 11 is 5.68. The van der Waals surface area contributed by atoms with E-state index in [0.717, 1.165) is 39.1 Å². The topological polar surface area (TPSA) is 23.6 Å². The molecular formula is C11H21ClN2O. The van der Waals surface area contributed by atoms with E-state index in [1.54, 1.807) is 0 Å². The van der Waals surface area contributed by atoms with Crippen LogP contribution < -0.4 is 0 Å². The van der Waals surface area contributed by atoms with Crippen LogP contribution in [-0.2, 0) is 4.79 Å². The number of halogens is 1. The van der Waals surface area contributed by atoms with Gasteiger partial charge in [-0.25, -0.2) is 0 Å². The molecule has 1 aliphatic rings. The number of rotatable bonds is 4. The molecule has 88 valence electrons. The Kier molecular flexibility index (Phi) is 5.40. The van der Waals surface area contributed by atoms with Crippen molar-refractivity contribution in [1.29, 1.82) is 0 Å². The second-order valence-electron chi connectivity index (χ2n) is 4.17. The molecule has 4 heteroatoms. The maximum Gasteiger partial charge on any atom is 0.225 e. The van der Waals surface area contributed by atoms with Crippen molar-refractivity contribution < 1.29 is 4.79 Å². The largest absolute Gasteiger partial charge is 0.340 e. The van der Waals surface area contributed by atoms with E-state index in [1.807, 2.05) is 11.8 Å². The van der Waals surface area contributed by atoms with Gasteiger partial charge in [0.25, 0.3) is 0 Å². The lowest BCUT2D eigenvalue weighted by Crippen LogP contribution is -2.50. The molecule has 1 aliphatic heterocycles. The van der Waals surface area contributed by atoms with Gasteiger partial charge in [-0.1, -0.05) is 13.8 Å². The molecule has 1 fully saturated rings. The SMILES string of the molecule is CCC(C)C(=O)N1CCN(CCCl)CC1. The minimum atomic E-state index is 0.171. The first-order valence-electron chi connectivity index (χ1n) is 5.76. The van der Waals surface area contributed by atoms with Crippen molar-refractivity contribution >= 4 is 17.5 Å².